The van der Waals surface area contributed by atoms with Crippen molar-refractivity contribution < 1.29 is 12.8 Å². The second kappa shape index (κ2) is 5.14. The van der Waals surface area contributed by atoms with E-state index in [0.717, 1.165) is 12.1 Å². The summed E-state index contributed by atoms with van der Waals surface area (Å²) in [5.41, 5.74) is 5.67. The zero-order chi connectivity index (χ0) is 14.0. The molecule has 0 unspecified atom stereocenters. The maximum atomic E-state index is 12.9. The van der Waals surface area contributed by atoms with Gasteiger partial charge in [0.05, 0.1) is 11.9 Å². The molecule has 1 heterocycles. The third-order valence-electron chi connectivity index (χ3n) is 2.22. The predicted molar refractivity (Wildman–Crippen MR) is 73.6 cm³/mol. The van der Waals surface area contributed by atoms with Crippen LogP contribution in [0.1, 0.15) is 0 Å². The number of nitrogens with two attached hydrogens (primary N) is 1. The van der Waals surface area contributed by atoms with Gasteiger partial charge in [0.1, 0.15) is 16.5 Å². The maximum Gasteiger partial charge on any atom is 0.263 e. The van der Waals surface area contributed by atoms with Gasteiger partial charge in [0.2, 0.25) is 0 Å². The van der Waals surface area contributed by atoms with Crippen molar-refractivity contribution >= 4 is 37.5 Å². The van der Waals surface area contributed by atoms with Gasteiger partial charge in [-0.1, -0.05) is 0 Å². The van der Waals surface area contributed by atoms with E-state index in [-0.39, 0.29) is 20.9 Å². The Hall–Kier alpha value is -1.67. The number of sulfonamides is 1. The summed E-state index contributed by atoms with van der Waals surface area (Å²) in [5, 5.41) is 0. The lowest BCUT2D eigenvalue weighted by atomic mass is 10.3. The Bertz CT molecular complexity index is 704. The molecule has 0 radical (unpaired) electrons. The lowest BCUT2D eigenvalue weighted by Crippen LogP contribution is -2.14. The molecule has 0 fully saturated rings. The molecule has 2 rings (SSSR count). The van der Waals surface area contributed by atoms with Gasteiger partial charge in [0, 0.05) is 4.47 Å². The molecule has 5 nitrogen and oxygen atoms in total. The predicted octanol–water partition coefficient (Wildman–Crippen LogP) is 2.37. The van der Waals surface area contributed by atoms with Crippen LogP contribution in [0, 0.1) is 5.82 Å². The number of pyridine rings is 1. The molecular weight excluding hydrogens is 337 g/mol. The number of aromatic nitrogens is 1. The largest absolute Gasteiger partial charge is 0.384 e. The Labute approximate surface area is 117 Å². The van der Waals surface area contributed by atoms with Crippen LogP contribution < -0.4 is 10.5 Å². The fraction of sp³-hybridized carbons (Fsp3) is 0. The van der Waals surface area contributed by atoms with E-state index < -0.39 is 15.8 Å². The van der Waals surface area contributed by atoms with Gasteiger partial charge in [-0.05, 0) is 46.3 Å². The van der Waals surface area contributed by atoms with Crippen LogP contribution in [-0.2, 0) is 10.0 Å². The lowest BCUT2D eigenvalue weighted by molar-refractivity contribution is 0.599. The van der Waals surface area contributed by atoms with E-state index in [0.29, 0.717) is 0 Å². The van der Waals surface area contributed by atoms with Crippen molar-refractivity contribution in [2.24, 2.45) is 0 Å². The van der Waals surface area contributed by atoms with Crippen molar-refractivity contribution in [1.29, 1.82) is 0 Å². The Balaban J connectivity index is 2.35. The monoisotopic (exact) mass is 345 g/mol. The third kappa shape index (κ3) is 3.21. The summed E-state index contributed by atoms with van der Waals surface area (Å²) in [5.74, 6) is -0.245. The smallest absolute Gasteiger partial charge is 0.263 e. The molecule has 0 saturated heterocycles. The molecule has 1 aromatic heterocycles. The average Bonchev–Trinajstić information content (AvgIpc) is 2.31. The standard InChI is InChI=1S/C11H9BrFN3O2S/c12-9-5-7(13)1-3-10(9)19(17,18)16-8-2-4-11(14)15-6-8/h1-6,16H,(H2,14,15). The number of hydrogen-bond donors (Lipinski definition) is 2. The number of hydrogen-bond acceptors (Lipinski definition) is 4. The quantitative estimate of drug-likeness (QED) is 0.894. The Morgan fingerprint density at radius 1 is 1.26 bits per heavy atom. The highest BCUT2D eigenvalue weighted by molar-refractivity contribution is 9.10. The minimum Gasteiger partial charge on any atom is -0.384 e. The van der Waals surface area contributed by atoms with Gasteiger partial charge in [-0.2, -0.15) is 0 Å². The molecule has 0 aliphatic heterocycles. The van der Waals surface area contributed by atoms with Crippen molar-refractivity contribution in [2.45, 2.75) is 4.90 Å². The van der Waals surface area contributed by atoms with E-state index >= 15 is 0 Å². The summed E-state index contributed by atoms with van der Waals surface area (Å²) in [4.78, 5) is 3.71. The van der Waals surface area contributed by atoms with Crippen LogP contribution >= 0.6 is 15.9 Å². The molecule has 2 aromatic rings. The molecule has 0 bridgehead atoms. The van der Waals surface area contributed by atoms with Gasteiger partial charge in [-0.15, -0.1) is 0 Å². The minimum atomic E-state index is -3.82. The van der Waals surface area contributed by atoms with Crippen molar-refractivity contribution in [2.75, 3.05) is 10.5 Å². The van der Waals surface area contributed by atoms with Gasteiger partial charge >= 0.3 is 0 Å². The van der Waals surface area contributed by atoms with Gasteiger partial charge in [-0.3, -0.25) is 4.72 Å². The van der Waals surface area contributed by atoms with E-state index in [1.807, 2.05) is 0 Å². The molecule has 0 aliphatic carbocycles. The summed E-state index contributed by atoms with van der Waals surface area (Å²) in [6, 6.07) is 6.28. The van der Waals surface area contributed by atoms with Crippen LogP contribution in [0.3, 0.4) is 0 Å². The van der Waals surface area contributed by atoms with Gasteiger partial charge < -0.3 is 5.73 Å². The summed E-state index contributed by atoms with van der Waals surface area (Å²) >= 11 is 3.01. The van der Waals surface area contributed by atoms with Crippen LogP contribution in [0.15, 0.2) is 45.9 Å². The number of halogens is 2. The Morgan fingerprint density at radius 2 is 2.00 bits per heavy atom. The molecule has 100 valence electrons. The zero-order valence-corrected chi connectivity index (χ0v) is 11.9. The van der Waals surface area contributed by atoms with Crippen LogP contribution in [0.2, 0.25) is 0 Å². The molecule has 1 aromatic carbocycles. The number of nitrogens with one attached hydrogen (secondary N) is 1. The summed E-state index contributed by atoms with van der Waals surface area (Å²) < 4.78 is 39.6. The summed E-state index contributed by atoms with van der Waals surface area (Å²) in [7, 11) is -3.82. The maximum absolute atomic E-state index is 12.9. The molecule has 0 aliphatic rings. The number of nitrogens with zero attached hydrogens (tertiary/aromatic N) is 1. The molecule has 0 saturated carbocycles. The van der Waals surface area contributed by atoms with Crippen LogP contribution in [-0.4, -0.2) is 13.4 Å². The highest BCUT2D eigenvalue weighted by atomic mass is 79.9. The summed E-state index contributed by atoms with van der Waals surface area (Å²) in [6.07, 6.45) is 1.30. The molecular formula is C11H9BrFN3O2S. The minimum absolute atomic E-state index is 0.0641. The molecule has 8 heteroatoms. The first kappa shape index (κ1) is 13.8. The number of rotatable bonds is 3. The SMILES string of the molecule is Nc1ccc(NS(=O)(=O)c2ccc(F)cc2Br)cn1. The van der Waals surface area contributed by atoms with Crippen molar-refractivity contribution in [1.82, 2.24) is 4.98 Å². The molecule has 3 N–H and O–H groups in total. The third-order valence-corrected chi connectivity index (χ3v) is 4.58. The number of benzene rings is 1. The second-order valence-corrected chi connectivity index (χ2v) is 6.16. The average molecular weight is 346 g/mol. The fourth-order valence-corrected chi connectivity index (χ4v) is 3.46. The molecule has 0 atom stereocenters. The van der Waals surface area contributed by atoms with Gasteiger partial charge in [-0.25, -0.2) is 17.8 Å². The van der Waals surface area contributed by atoms with Crippen LogP contribution in [0.4, 0.5) is 15.9 Å². The van der Waals surface area contributed by atoms with Crippen molar-refractivity contribution in [3.8, 4) is 0 Å². The first-order chi connectivity index (χ1) is 8.88. The van der Waals surface area contributed by atoms with Crippen molar-refractivity contribution in [3.63, 3.8) is 0 Å². The first-order valence-electron chi connectivity index (χ1n) is 5.08. The molecule has 0 spiro atoms. The van der Waals surface area contributed by atoms with E-state index in [4.69, 9.17) is 5.73 Å². The van der Waals surface area contributed by atoms with Crippen molar-refractivity contribution in [3.05, 3.63) is 46.8 Å². The topological polar surface area (TPSA) is 85.1 Å². The highest BCUT2D eigenvalue weighted by Gasteiger charge is 2.18. The molecule has 0 amide bonds. The van der Waals surface area contributed by atoms with E-state index in [1.54, 1.807) is 0 Å². The first-order valence-corrected chi connectivity index (χ1v) is 7.35. The highest BCUT2D eigenvalue weighted by Crippen LogP contribution is 2.24. The van der Waals surface area contributed by atoms with Crippen LogP contribution in [0.5, 0.6) is 0 Å². The van der Waals surface area contributed by atoms with Crippen LogP contribution in [0.25, 0.3) is 0 Å². The lowest BCUT2D eigenvalue weighted by Gasteiger charge is -2.09. The van der Waals surface area contributed by atoms with Gasteiger partial charge in [0.15, 0.2) is 0 Å². The second-order valence-electron chi connectivity index (χ2n) is 3.65. The number of anilines is 2. The summed E-state index contributed by atoms with van der Waals surface area (Å²) in [6.45, 7) is 0. The van der Waals surface area contributed by atoms with Gasteiger partial charge in [0.25, 0.3) is 10.0 Å². The molecule has 19 heavy (non-hydrogen) atoms. The normalized spacial score (nSPS) is 11.3. The zero-order valence-electron chi connectivity index (χ0n) is 9.47. The fourth-order valence-electron chi connectivity index (χ4n) is 1.37. The Morgan fingerprint density at radius 3 is 2.58 bits per heavy atom. The Kier molecular flexibility index (Phi) is 3.72. The van der Waals surface area contributed by atoms with E-state index in [9.17, 15) is 12.8 Å². The van der Waals surface area contributed by atoms with E-state index in [2.05, 4.69) is 25.6 Å². The van der Waals surface area contributed by atoms with E-state index in [1.165, 1.54) is 24.4 Å². The number of nitrogen functional groups attached to an aromatic ring is 1.